The van der Waals surface area contributed by atoms with Gasteiger partial charge < -0.3 is 5.11 Å². The molecule has 1 heterocycles. The van der Waals surface area contributed by atoms with Gasteiger partial charge in [0.05, 0.1) is 5.56 Å². The molecule has 7 heteroatoms. The fourth-order valence-electron chi connectivity index (χ4n) is 0.784. The number of hydrogen-bond donors (Lipinski definition) is 1. The molecule has 14 heavy (non-hydrogen) atoms. The number of pyridine rings is 1. The minimum absolute atomic E-state index is 0.540. The first-order valence-electron chi connectivity index (χ1n) is 3.31. The molecule has 76 valence electrons. The molecule has 0 fully saturated rings. The molecule has 1 aromatic rings. The lowest BCUT2D eigenvalue weighted by atomic mass is 10.2. The van der Waals surface area contributed by atoms with E-state index in [4.69, 9.17) is 16.7 Å². The first kappa shape index (κ1) is 10.8. The van der Waals surface area contributed by atoms with Gasteiger partial charge in [-0.05, 0) is 6.07 Å². The van der Waals surface area contributed by atoms with Gasteiger partial charge in [-0.15, -0.1) is 0 Å². The van der Waals surface area contributed by atoms with Crippen LogP contribution in [0.1, 0.15) is 22.5 Å². The van der Waals surface area contributed by atoms with Crippen molar-refractivity contribution in [2.24, 2.45) is 0 Å². The van der Waals surface area contributed by atoms with E-state index in [2.05, 4.69) is 4.98 Å². The third-order valence-electron chi connectivity index (χ3n) is 1.39. The van der Waals surface area contributed by atoms with Gasteiger partial charge in [-0.25, -0.2) is 18.6 Å². The molecular formula is C7H3ClF3NO2. The van der Waals surface area contributed by atoms with Gasteiger partial charge >= 0.3 is 5.97 Å². The van der Waals surface area contributed by atoms with Crippen molar-refractivity contribution in [2.75, 3.05) is 0 Å². The summed E-state index contributed by atoms with van der Waals surface area (Å²) in [7, 11) is 0. The fraction of sp³-hybridized carbons (Fsp3) is 0.143. The van der Waals surface area contributed by atoms with Gasteiger partial charge in [0, 0.05) is 0 Å². The molecule has 0 radical (unpaired) electrons. The Morgan fingerprint density at radius 1 is 1.57 bits per heavy atom. The molecule has 0 unspecified atom stereocenters. The zero-order chi connectivity index (χ0) is 10.9. The largest absolute Gasteiger partial charge is 0.478 e. The standard InChI is InChI=1S/C7H3ClF3NO2/c8-4-2(7(13)14)1-3(5(9)10)12-6(4)11/h1,5H,(H,13,14). The number of carbonyl (C=O) groups is 1. The van der Waals surface area contributed by atoms with Crippen LogP contribution < -0.4 is 0 Å². The Labute approximate surface area is 81.1 Å². The third-order valence-corrected chi connectivity index (χ3v) is 1.75. The number of nitrogens with zero attached hydrogens (tertiary/aromatic N) is 1. The maximum atomic E-state index is 12.7. The molecule has 0 aliphatic rings. The summed E-state index contributed by atoms with van der Waals surface area (Å²) < 4.78 is 36.8. The van der Waals surface area contributed by atoms with Crippen molar-refractivity contribution in [3.8, 4) is 0 Å². The van der Waals surface area contributed by atoms with Crippen molar-refractivity contribution in [1.29, 1.82) is 0 Å². The lowest BCUT2D eigenvalue weighted by molar-refractivity contribution is 0.0695. The molecule has 0 saturated heterocycles. The third kappa shape index (κ3) is 1.95. The fourth-order valence-corrected chi connectivity index (χ4v) is 0.962. The Bertz CT molecular complexity index is 383. The second-order valence-electron chi connectivity index (χ2n) is 2.31. The lowest BCUT2D eigenvalue weighted by Gasteiger charge is -2.03. The van der Waals surface area contributed by atoms with Crippen molar-refractivity contribution >= 4 is 17.6 Å². The van der Waals surface area contributed by atoms with Gasteiger partial charge in [-0.2, -0.15) is 4.39 Å². The van der Waals surface area contributed by atoms with Crippen LogP contribution in [0.15, 0.2) is 6.07 Å². The molecule has 0 aliphatic heterocycles. The van der Waals surface area contributed by atoms with E-state index in [-0.39, 0.29) is 0 Å². The predicted molar refractivity (Wildman–Crippen MR) is 41.1 cm³/mol. The number of carboxylic acid groups (broad SMARTS) is 1. The Morgan fingerprint density at radius 3 is 2.57 bits per heavy atom. The molecule has 0 atom stereocenters. The van der Waals surface area contributed by atoms with Gasteiger partial charge in [-0.1, -0.05) is 11.6 Å². The normalized spacial score (nSPS) is 10.6. The highest BCUT2D eigenvalue weighted by molar-refractivity contribution is 6.33. The van der Waals surface area contributed by atoms with E-state index in [9.17, 15) is 18.0 Å². The van der Waals surface area contributed by atoms with E-state index in [1.807, 2.05) is 0 Å². The van der Waals surface area contributed by atoms with E-state index in [0.29, 0.717) is 6.07 Å². The van der Waals surface area contributed by atoms with Crippen LogP contribution in [-0.4, -0.2) is 16.1 Å². The monoisotopic (exact) mass is 225 g/mol. The summed E-state index contributed by atoms with van der Waals surface area (Å²) in [5.74, 6) is -3.00. The highest BCUT2D eigenvalue weighted by Gasteiger charge is 2.19. The second-order valence-corrected chi connectivity index (χ2v) is 2.68. The number of aromatic carboxylic acids is 1. The lowest BCUT2D eigenvalue weighted by Crippen LogP contribution is -2.04. The summed E-state index contributed by atoms with van der Waals surface area (Å²) in [6.07, 6.45) is -3.04. The van der Waals surface area contributed by atoms with Crippen LogP contribution in [0, 0.1) is 5.95 Å². The quantitative estimate of drug-likeness (QED) is 0.787. The summed E-state index contributed by atoms with van der Waals surface area (Å²) in [5, 5.41) is 7.70. The van der Waals surface area contributed by atoms with E-state index in [1.165, 1.54) is 0 Å². The Hall–Kier alpha value is -1.30. The van der Waals surface area contributed by atoms with Crippen LogP contribution in [0.3, 0.4) is 0 Å². The summed E-state index contributed by atoms with van der Waals surface area (Å²) in [5.41, 5.74) is -1.68. The summed E-state index contributed by atoms with van der Waals surface area (Å²) in [6, 6.07) is 0.540. The topological polar surface area (TPSA) is 50.2 Å². The molecule has 0 amide bonds. The number of carboxylic acids is 1. The molecule has 0 spiro atoms. The second kappa shape index (κ2) is 3.83. The van der Waals surface area contributed by atoms with Crippen molar-refractivity contribution in [3.63, 3.8) is 0 Å². The number of aromatic nitrogens is 1. The number of halogens is 4. The van der Waals surface area contributed by atoms with Crippen LogP contribution in [-0.2, 0) is 0 Å². The number of rotatable bonds is 2. The highest BCUT2D eigenvalue weighted by Crippen LogP contribution is 2.24. The van der Waals surface area contributed by atoms with E-state index >= 15 is 0 Å². The van der Waals surface area contributed by atoms with Crippen LogP contribution in [0.25, 0.3) is 0 Å². The van der Waals surface area contributed by atoms with Gasteiger partial charge in [0.2, 0.25) is 5.95 Å². The Balaban J connectivity index is 3.35. The van der Waals surface area contributed by atoms with E-state index in [0.717, 1.165) is 0 Å². The minimum Gasteiger partial charge on any atom is -0.478 e. The first-order chi connectivity index (χ1) is 6.43. The summed E-state index contributed by atoms with van der Waals surface area (Å²) in [4.78, 5) is 13.2. The maximum absolute atomic E-state index is 12.7. The molecule has 0 aliphatic carbocycles. The smallest absolute Gasteiger partial charge is 0.337 e. The minimum atomic E-state index is -3.04. The van der Waals surface area contributed by atoms with Crippen LogP contribution in [0.2, 0.25) is 5.02 Å². The van der Waals surface area contributed by atoms with Gasteiger partial charge in [0.25, 0.3) is 6.43 Å². The molecule has 1 aromatic heterocycles. The molecule has 1 N–H and O–H groups in total. The molecular weight excluding hydrogens is 223 g/mol. The number of hydrogen-bond acceptors (Lipinski definition) is 2. The van der Waals surface area contributed by atoms with Crippen molar-refractivity contribution < 1.29 is 23.1 Å². The van der Waals surface area contributed by atoms with Crippen LogP contribution in [0.5, 0.6) is 0 Å². The Kier molecular flexibility index (Phi) is 2.95. The average Bonchev–Trinajstić information content (AvgIpc) is 2.08. The molecule has 3 nitrogen and oxygen atoms in total. The van der Waals surface area contributed by atoms with Crippen molar-refractivity contribution in [2.45, 2.75) is 6.43 Å². The molecule has 0 saturated carbocycles. The predicted octanol–water partition coefficient (Wildman–Crippen LogP) is 2.51. The van der Waals surface area contributed by atoms with E-state index < -0.39 is 34.6 Å². The zero-order valence-electron chi connectivity index (χ0n) is 6.47. The van der Waals surface area contributed by atoms with Crippen LogP contribution in [0.4, 0.5) is 13.2 Å². The van der Waals surface area contributed by atoms with Gasteiger partial charge in [0.1, 0.15) is 10.7 Å². The number of alkyl halides is 2. The average molecular weight is 226 g/mol. The first-order valence-corrected chi connectivity index (χ1v) is 3.68. The molecule has 1 rings (SSSR count). The van der Waals surface area contributed by atoms with Crippen molar-refractivity contribution in [1.82, 2.24) is 4.98 Å². The SMILES string of the molecule is O=C(O)c1cc(C(F)F)nc(F)c1Cl. The molecule has 0 bridgehead atoms. The zero-order valence-corrected chi connectivity index (χ0v) is 7.23. The van der Waals surface area contributed by atoms with Gasteiger partial charge in [-0.3, -0.25) is 0 Å². The highest BCUT2D eigenvalue weighted by atomic mass is 35.5. The summed E-state index contributed by atoms with van der Waals surface area (Å²) in [6.45, 7) is 0. The van der Waals surface area contributed by atoms with E-state index in [1.54, 1.807) is 0 Å². The maximum Gasteiger partial charge on any atom is 0.337 e. The Morgan fingerprint density at radius 2 is 2.14 bits per heavy atom. The summed E-state index contributed by atoms with van der Waals surface area (Å²) >= 11 is 5.20. The van der Waals surface area contributed by atoms with Gasteiger partial charge in [0.15, 0.2) is 0 Å². The van der Waals surface area contributed by atoms with Crippen LogP contribution >= 0.6 is 11.6 Å². The van der Waals surface area contributed by atoms with Crippen molar-refractivity contribution in [3.05, 3.63) is 28.3 Å². The molecule has 0 aromatic carbocycles.